The van der Waals surface area contributed by atoms with Gasteiger partial charge in [-0.2, -0.15) is 0 Å². The van der Waals surface area contributed by atoms with Gasteiger partial charge in [-0.15, -0.1) is 0 Å². The van der Waals surface area contributed by atoms with Crippen LogP contribution in [0.5, 0.6) is 0 Å². The van der Waals surface area contributed by atoms with Crippen LogP contribution in [0.1, 0.15) is 22.8 Å². The number of amides is 1. The van der Waals surface area contributed by atoms with Crippen LogP contribution in [0.15, 0.2) is 67.0 Å². The van der Waals surface area contributed by atoms with E-state index >= 15 is 0 Å². The summed E-state index contributed by atoms with van der Waals surface area (Å²) < 4.78 is 2.39. The zero-order valence-electron chi connectivity index (χ0n) is 17.3. The lowest BCUT2D eigenvalue weighted by molar-refractivity contribution is 0.0628. The smallest absolute Gasteiger partial charge is 0.254 e. The molecular formula is C25H26N4O. The molecule has 30 heavy (non-hydrogen) atoms. The minimum absolute atomic E-state index is 0.103. The Morgan fingerprint density at radius 1 is 0.900 bits per heavy atom. The lowest BCUT2D eigenvalue weighted by atomic mass is 10.1. The largest absolute Gasteiger partial charge is 0.341 e. The second kappa shape index (κ2) is 7.92. The Balaban J connectivity index is 1.31. The minimum Gasteiger partial charge on any atom is -0.341 e. The van der Waals surface area contributed by atoms with Crippen molar-refractivity contribution in [3.05, 3.63) is 78.1 Å². The van der Waals surface area contributed by atoms with Crippen molar-refractivity contribution in [2.45, 2.75) is 20.0 Å². The van der Waals surface area contributed by atoms with Gasteiger partial charge in [0.15, 0.2) is 0 Å². The third-order valence-corrected chi connectivity index (χ3v) is 6.15. The maximum Gasteiger partial charge on any atom is 0.254 e. The number of hydrogen-bond acceptors (Lipinski definition) is 3. The number of carbonyl (C=O) groups excluding carboxylic acids is 1. The maximum absolute atomic E-state index is 12.6. The molecule has 0 atom stereocenters. The number of aromatic nitrogens is 2. The first kappa shape index (κ1) is 18.8. The lowest BCUT2D eigenvalue weighted by Gasteiger charge is -2.34. The topological polar surface area (TPSA) is 41.4 Å². The zero-order valence-corrected chi connectivity index (χ0v) is 17.3. The normalized spacial score (nSPS) is 15.2. The van der Waals surface area contributed by atoms with E-state index in [0.29, 0.717) is 0 Å². The summed E-state index contributed by atoms with van der Waals surface area (Å²) in [5, 5.41) is 2.65. The first-order chi connectivity index (χ1) is 14.7. The number of carbonyl (C=O) groups is 1. The standard InChI is InChI=1S/C25H26N4O/c1-2-29-23-6-4-3-5-21(23)22-17-19(7-8-24(22)29)18-27-13-15-28(16-14-27)25(30)20-9-11-26-12-10-20/h3-12,17H,2,13-16,18H2,1H3. The van der Waals surface area contributed by atoms with Crippen LogP contribution in [0.4, 0.5) is 0 Å². The highest BCUT2D eigenvalue weighted by Gasteiger charge is 2.22. The Hall–Kier alpha value is -3.18. The van der Waals surface area contributed by atoms with Crippen LogP contribution in [0, 0.1) is 0 Å². The molecule has 5 nitrogen and oxygen atoms in total. The van der Waals surface area contributed by atoms with E-state index in [1.54, 1.807) is 24.5 Å². The van der Waals surface area contributed by atoms with Crippen LogP contribution in [0.25, 0.3) is 21.8 Å². The second-order valence-corrected chi connectivity index (χ2v) is 7.92. The lowest BCUT2D eigenvalue weighted by Crippen LogP contribution is -2.48. The predicted octanol–water partition coefficient (Wildman–Crippen LogP) is 4.17. The fourth-order valence-corrected chi connectivity index (χ4v) is 4.58. The number of hydrogen-bond donors (Lipinski definition) is 0. The average molecular weight is 399 g/mol. The van der Waals surface area contributed by atoms with Gasteiger partial charge in [-0.3, -0.25) is 14.7 Å². The van der Waals surface area contributed by atoms with E-state index in [4.69, 9.17) is 0 Å². The molecule has 5 heteroatoms. The summed E-state index contributed by atoms with van der Waals surface area (Å²) in [7, 11) is 0. The number of pyridine rings is 1. The first-order valence-electron chi connectivity index (χ1n) is 10.7. The number of fused-ring (bicyclic) bond motifs is 3. The van der Waals surface area contributed by atoms with Crippen LogP contribution in [0.2, 0.25) is 0 Å². The Bertz CT molecular complexity index is 1190. The molecule has 0 unspecified atom stereocenters. The number of rotatable bonds is 4. The van der Waals surface area contributed by atoms with Crippen molar-refractivity contribution >= 4 is 27.7 Å². The quantitative estimate of drug-likeness (QED) is 0.518. The summed E-state index contributed by atoms with van der Waals surface area (Å²) >= 11 is 0. The van der Waals surface area contributed by atoms with E-state index in [0.717, 1.165) is 44.8 Å². The van der Waals surface area contributed by atoms with Crippen LogP contribution in [-0.4, -0.2) is 51.4 Å². The van der Waals surface area contributed by atoms with Crippen LogP contribution in [0.3, 0.4) is 0 Å². The highest BCUT2D eigenvalue weighted by Crippen LogP contribution is 2.30. The molecule has 0 saturated carbocycles. The first-order valence-corrected chi connectivity index (χ1v) is 10.7. The fourth-order valence-electron chi connectivity index (χ4n) is 4.58. The Kier molecular flexibility index (Phi) is 4.97. The molecule has 3 heterocycles. The van der Waals surface area contributed by atoms with Gasteiger partial charge >= 0.3 is 0 Å². The molecule has 4 aromatic rings. The molecule has 0 radical (unpaired) electrons. The summed E-state index contributed by atoms with van der Waals surface area (Å²) in [5.74, 6) is 0.103. The van der Waals surface area contributed by atoms with E-state index < -0.39 is 0 Å². The second-order valence-electron chi connectivity index (χ2n) is 7.92. The summed E-state index contributed by atoms with van der Waals surface area (Å²) in [4.78, 5) is 21.0. The predicted molar refractivity (Wildman–Crippen MR) is 121 cm³/mol. The Morgan fingerprint density at radius 2 is 1.63 bits per heavy atom. The molecule has 2 aromatic carbocycles. The van der Waals surface area contributed by atoms with Gasteiger partial charge in [0.25, 0.3) is 5.91 Å². The molecule has 5 rings (SSSR count). The van der Waals surface area contributed by atoms with Crippen LogP contribution in [-0.2, 0) is 13.1 Å². The van der Waals surface area contributed by atoms with Crippen molar-refractivity contribution in [1.82, 2.24) is 19.4 Å². The van der Waals surface area contributed by atoms with E-state index in [1.807, 2.05) is 4.90 Å². The molecule has 1 aliphatic heterocycles. The number of benzene rings is 2. The van der Waals surface area contributed by atoms with Gasteiger partial charge in [0.05, 0.1) is 0 Å². The van der Waals surface area contributed by atoms with Gasteiger partial charge in [-0.1, -0.05) is 24.3 Å². The van der Waals surface area contributed by atoms with E-state index in [2.05, 4.69) is 63.8 Å². The monoisotopic (exact) mass is 398 g/mol. The number of nitrogens with zero attached hydrogens (tertiary/aromatic N) is 4. The third-order valence-electron chi connectivity index (χ3n) is 6.15. The molecule has 0 bridgehead atoms. The molecule has 0 spiro atoms. The SMILES string of the molecule is CCn1c2ccccc2c2cc(CN3CCN(C(=O)c4ccncc4)CC3)ccc21. The molecule has 0 N–H and O–H groups in total. The molecule has 1 amide bonds. The molecule has 1 saturated heterocycles. The van der Waals surface area contributed by atoms with Gasteiger partial charge in [0, 0.05) is 79.0 Å². The van der Waals surface area contributed by atoms with Crippen molar-refractivity contribution in [2.24, 2.45) is 0 Å². The third kappa shape index (κ3) is 3.35. The van der Waals surface area contributed by atoms with E-state index in [1.165, 1.54) is 27.4 Å². The van der Waals surface area contributed by atoms with Crippen LogP contribution >= 0.6 is 0 Å². The number of para-hydroxylation sites is 1. The maximum atomic E-state index is 12.6. The Morgan fingerprint density at radius 3 is 2.40 bits per heavy atom. The van der Waals surface area contributed by atoms with Gasteiger partial charge in [-0.05, 0) is 42.8 Å². The Labute approximate surface area is 176 Å². The number of aryl methyl sites for hydroxylation is 1. The highest BCUT2D eigenvalue weighted by molar-refractivity contribution is 6.08. The zero-order chi connectivity index (χ0) is 20.5. The van der Waals surface area contributed by atoms with Crippen molar-refractivity contribution in [3.8, 4) is 0 Å². The van der Waals surface area contributed by atoms with Crippen molar-refractivity contribution in [1.29, 1.82) is 0 Å². The molecule has 2 aromatic heterocycles. The fraction of sp³-hybridized carbons (Fsp3) is 0.280. The van der Waals surface area contributed by atoms with Crippen molar-refractivity contribution < 1.29 is 4.79 Å². The molecule has 1 aliphatic rings. The summed E-state index contributed by atoms with van der Waals surface area (Å²) in [6, 6.07) is 19.1. The molecular weight excluding hydrogens is 372 g/mol. The van der Waals surface area contributed by atoms with Gasteiger partial charge in [0.2, 0.25) is 0 Å². The summed E-state index contributed by atoms with van der Waals surface area (Å²) in [6.45, 7) is 7.40. The van der Waals surface area contributed by atoms with E-state index in [-0.39, 0.29) is 5.91 Å². The molecule has 152 valence electrons. The van der Waals surface area contributed by atoms with Crippen molar-refractivity contribution in [3.63, 3.8) is 0 Å². The average Bonchev–Trinajstić information content (AvgIpc) is 3.13. The summed E-state index contributed by atoms with van der Waals surface area (Å²) in [6.07, 6.45) is 3.35. The highest BCUT2D eigenvalue weighted by atomic mass is 16.2. The van der Waals surface area contributed by atoms with E-state index in [9.17, 15) is 4.79 Å². The van der Waals surface area contributed by atoms with Crippen molar-refractivity contribution in [2.75, 3.05) is 26.2 Å². The number of piperazine rings is 1. The van der Waals surface area contributed by atoms with Gasteiger partial charge < -0.3 is 9.47 Å². The summed E-state index contributed by atoms with van der Waals surface area (Å²) in [5.41, 5.74) is 4.65. The minimum atomic E-state index is 0.103. The van der Waals surface area contributed by atoms with Gasteiger partial charge in [-0.25, -0.2) is 0 Å². The van der Waals surface area contributed by atoms with Crippen LogP contribution < -0.4 is 0 Å². The molecule has 1 fully saturated rings. The molecule has 0 aliphatic carbocycles. The van der Waals surface area contributed by atoms with Gasteiger partial charge in [0.1, 0.15) is 0 Å².